The van der Waals surface area contributed by atoms with Crippen LogP contribution in [-0.4, -0.2) is 24.3 Å². The number of aliphatic imine (C=N–C) groups is 1. The molecule has 0 saturated carbocycles. The molecule has 8 heteroatoms. The highest BCUT2D eigenvalue weighted by Gasteiger charge is 2.09. The van der Waals surface area contributed by atoms with Crippen molar-refractivity contribution in [3.63, 3.8) is 0 Å². The molecule has 2 aromatic heterocycles. The molecule has 2 heterocycles. The molecule has 0 N–H and O–H groups in total. The molecule has 0 fully saturated rings. The Morgan fingerprint density at radius 3 is 2.45 bits per heavy atom. The van der Waals surface area contributed by atoms with Crippen molar-refractivity contribution >= 4 is 34.8 Å². The number of aryl methyl sites for hydroxylation is 1. The van der Waals surface area contributed by atoms with Crippen molar-refractivity contribution in [2.75, 3.05) is 0 Å². The Labute approximate surface area is 177 Å². The molecule has 29 heavy (non-hydrogen) atoms. The lowest BCUT2D eigenvalue weighted by molar-refractivity contribution is 0.782. The number of benzene rings is 2. The fourth-order valence-electron chi connectivity index (χ4n) is 2.62. The number of rotatable bonds is 5. The molecule has 0 aliphatic heterocycles. The summed E-state index contributed by atoms with van der Waals surface area (Å²) in [5, 5.41) is 0.965. The third-order valence-corrected chi connectivity index (χ3v) is 6.12. The Hall–Kier alpha value is -2.97. The van der Waals surface area contributed by atoms with E-state index in [2.05, 4.69) is 9.36 Å². The second kappa shape index (κ2) is 9.02. The fourth-order valence-corrected chi connectivity index (χ4v) is 4.35. The van der Waals surface area contributed by atoms with E-state index < -0.39 is 0 Å². The molecule has 0 bridgehead atoms. The number of imidazole rings is 1. The fraction of sp³-hybridized carbons (Fsp3) is 0.143. The zero-order valence-electron chi connectivity index (χ0n) is 16.1. The number of amidine groups is 1. The van der Waals surface area contributed by atoms with Crippen LogP contribution in [0.15, 0.2) is 88.2 Å². The van der Waals surface area contributed by atoms with Gasteiger partial charge >= 0.3 is 0 Å². The summed E-state index contributed by atoms with van der Waals surface area (Å²) in [4.78, 5) is 14.8. The number of hydrogen-bond donors (Lipinski definition) is 0. The van der Waals surface area contributed by atoms with Crippen molar-refractivity contribution in [1.29, 1.82) is 0 Å². The molecular weight excluding hydrogens is 400 g/mol. The summed E-state index contributed by atoms with van der Waals surface area (Å²) in [7, 11) is 3.98. The van der Waals surface area contributed by atoms with Gasteiger partial charge in [0.05, 0.1) is 11.4 Å². The highest BCUT2D eigenvalue weighted by molar-refractivity contribution is 7.98. The molecule has 0 spiro atoms. The van der Waals surface area contributed by atoms with Gasteiger partial charge in [0.25, 0.3) is 0 Å². The Kier molecular flexibility index (Phi) is 6.02. The molecule has 0 saturated heterocycles. The lowest BCUT2D eigenvalue weighted by atomic mass is 10.2. The van der Waals surface area contributed by atoms with Crippen molar-refractivity contribution < 1.29 is 0 Å². The topological polar surface area (TPSA) is 60.4 Å². The van der Waals surface area contributed by atoms with Crippen LogP contribution in [0.1, 0.15) is 11.4 Å². The van der Waals surface area contributed by atoms with E-state index in [-0.39, 0.29) is 0 Å². The van der Waals surface area contributed by atoms with Gasteiger partial charge in [0.15, 0.2) is 11.0 Å². The van der Waals surface area contributed by atoms with Crippen LogP contribution in [0.25, 0.3) is 0 Å². The summed E-state index contributed by atoms with van der Waals surface area (Å²) in [6.07, 6.45) is 3.74. The van der Waals surface area contributed by atoms with Gasteiger partial charge in [-0.25, -0.2) is 9.98 Å². The molecule has 4 rings (SSSR count). The lowest BCUT2D eigenvalue weighted by Gasteiger charge is -2.03. The van der Waals surface area contributed by atoms with Crippen LogP contribution < -0.4 is 4.80 Å². The van der Waals surface area contributed by atoms with Crippen LogP contribution in [0, 0.1) is 0 Å². The van der Waals surface area contributed by atoms with Gasteiger partial charge < -0.3 is 9.13 Å². The average Bonchev–Trinajstić information content (AvgIpc) is 3.32. The number of para-hydroxylation sites is 1. The molecule has 0 radical (unpaired) electrons. The Balaban J connectivity index is 1.67. The molecule has 0 amide bonds. The van der Waals surface area contributed by atoms with Gasteiger partial charge in [-0.15, -0.1) is 0 Å². The van der Waals surface area contributed by atoms with E-state index >= 15 is 0 Å². The molecule has 0 aliphatic carbocycles. The van der Waals surface area contributed by atoms with Gasteiger partial charge in [0.1, 0.15) is 5.82 Å². The first kappa shape index (κ1) is 19.4. The van der Waals surface area contributed by atoms with Gasteiger partial charge in [-0.05, 0) is 12.1 Å². The second-order valence-electron chi connectivity index (χ2n) is 6.30. The van der Waals surface area contributed by atoms with Crippen molar-refractivity contribution in [2.24, 2.45) is 24.1 Å². The average molecular weight is 421 g/mol. The quantitative estimate of drug-likeness (QED) is 0.276. The van der Waals surface area contributed by atoms with Crippen LogP contribution in [0.5, 0.6) is 0 Å². The second-order valence-corrected chi connectivity index (χ2v) is 7.97. The van der Waals surface area contributed by atoms with E-state index in [1.54, 1.807) is 18.0 Å². The molecule has 0 atom stereocenters. The van der Waals surface area contributed by atoms with Crippen LogP contribution in [0.2, 0.25) is 0 Å². The van der Waals surface area contributed by atoms with Crippen LogP contribution in [-0.2, 0) is 19.8 Å². The summed E-state index contributed by atoms with van der Waals surface area (Å²) < 4.78 is 8.62. The van der Waals surface area contributed by atoms with Crippen molar-refractivity contribution in [3.8, 4) is 0 Å². The van der Waals surface area contributed by atoms with Crippen molar-refractivity contribution in [1.82, 2.24) is 18.5 Å². The Morgan fingerprint density at radius 1 is 1.03 bits per heavy atom. The lowest BCUT2D eigenvalue weighted by Crippen LogP contribution is -2.16. The molecule has 146 valence electrons. The molecule has 4 aromatic rings. The smallest absolute Gasteiger partial charge is 0.210 e. The van der Waals surface area contributed by atoms with Gasteiger partial charge in [-0.1, -0.05) is 60.3 Å². The van der Waals surface area contributed by atoms with E-state index in [1.165, 1.54) is 11.5 Å². The first-order valence-corrected chi connectivity index (χ1v) is 10.8. The first-order valence-electron chi connectivity index (χ1n) is 9.06. The summed E-state index contributed by atoms with van der Waals surface area (Å²) >= 11 is 3.03. The zero-order valence-corrected chi connectivity index (χ0v) is 17.8. The third kappa shape index (κ3) is 4.72. The summed E-state index contributed by atoms with van der Waals surface area (Å²) in [6.45, 7) is 0. The first-order chi connectivity index (χ1) is 14.2. The highest BCUT2D eigenvalue weighted by atomic mass is 32.2. The van der Waals surface area contributed by atoms with Gasteiger partial charge in [-0.2, -0.15) is 9.37 Å². The van der Waals surface area contributed by atoms with Gasteiger partial charge in [0, 0.05) is 43.6 Å². The summed E-state index contributed by atoms with van der Waals surface area (Å²) in [5.41, 5.74) is 1.83. The van der Waals surface area contributed by atoms with Crippen molar-refractivity contribution in [3.05, 3.63) is 89.2 Å². The maximum atomic E-state index is 4.85. The number of hydrogen-bond acceptors (Lipinski definition) is 5. The van der Waals surface area contributed by atoms with Gasteiger partial charge in [-0.3, -0.25) is 0 Å². The van der Waals surface area contributed by atoms with E-state index in [4.69, 9.17) is 9.98 Å². The molecule has 2 aromatic carbocycles. The summed E-state index contributed by atoms with van der Waals surface area (Å²) in [5.74, 6) is 2.34. The minimum absolute atomic E-state index is 0.666. The van der Waals surface area contributed by atoms with Crippen LogP contribution in [0.4, 0.5) is 5.69 Å². The Bertz CT molecular complexity index is 1170. The van der Waals surface area contributed by atoms with E-state index in [1.807, 2.05) is 90.1 Å². The maximum Gasteiger partial charge on any atom is 0.210 e. The minimum atomic E-state index is 0.666. The van der Waals surface area contributed by atoms with Crippen LogP contribution in [0.3, 0.4) is 0 Å². The number of aromatic nitrogens is 4. The monoisotopic (exact) mass is 420 g/mol. The predicted octanol–water partition coefficient (Wildman–Crippen LogP) is 4.19. The highest BCUT2D eigenvalue weighted by Crippen LogP contribution is 2.19. The molecular formula is C21H20N6S2. The van der Waals surface area contributed by atoms with E-state index in [0.717, 1.165) is 32.8 Å². The van der Waals surface area contributed by atoms with Crippen molar-refractivity contribution in [2.45, 2.75) is 10.9 Å². The number of nitrogens with zero attached hydrogens (tertiary/aromatic N) is 6. The molecule has 0 unspecified atom stereocenters. The van der Waals surface area contributed by atoms with Gasteiger partial charge in [0.2, 0.25) is 4.80 Å². The molecule has 6 nitrogen and oxygen atoms in total. The number of thioether (sulfide) groups is 1. The predicted molar refractivity (Wildman–Crippen MR) is 118 cm³/mol. The Morgan fingerprint density at radius 2 is 1.76 bits per heavy atom. The summed E-state index contributed by atoms with van der Waals surface area (Å²) in [6, 6.07) is 19.9. The zero-order chi connectivity index (χ0) is 20.1. The normalized spacial score (nSPS) is 12.5. The standard InChI is InChI=1S/C21H20N6S2/c1-26-14-13-22-20(26)28-15-18-25-29-21(27(18)2)24-19(16-9-5-3-6-10-16)23-17-11-7-4-8-12-17/h3-14H,15H2,1-2H3. The molecule has 0 aliphatic rings. The third-order valence-electron chi connectivity index (χ3n) is 4.24. The maximum absolute atomic E-state index is 4.85. The largest absolute Gasteiger partial charge is 0.329 e. The minimum Gasteiger partial charge on any atom is -0.329 e. The van der Waals surface area contributed by atoms with E-state index in [9.17, 15) is 0 Å². The SMILES string of the molecule is Cn1ccnc1SCc1nsc(=NC(=Nc2ccccc2)c2ccccc2)n1C. The van der Waals surface area contributed by atoms with E-state index in [0.29, 0.717) is 5.84 Å². The van der Waals surface area contributed by atoms with Crippen LogP contribution >= 0.6 is 23.3 Å².